The Morgan fingerprint density at radius 3 is 2.55 bits per heavy atom. The number of hydrogen-bond donors (Lipinski definition) is 0. The van der Waals surface area contributed by atoms with Crippen LogP contribution >= 0.6 is 0 Å². The topological polar surface area (TPSA) is 96.0 Å². The number of hydrogen-bond acceptors (Lipinski definition) is 5. The van der Waals surface area contributed by atoms with Crippen molar-refractivity contribution in [3.05, 3.63) is 57.0 Å². The third-order valence-corrected chi connectivity index (χ3v) is 7.31. The fourth-order valence-electron chi connectivity index (χ4n) is 3.49. The Labute approximate surface area is 167 Å². The zero-order chi connectivity index (χ0) is 21.0. The summed E-state index contributed by atoms with van der Waals surface area (Å²) in [4.78, 5) is 25.8. The largest absolute Gasteiger partial charge is 0.331 e. The minimum atomic E-state index is -3.66. The van der Waals surface area contributed by atoms with E-state index in [1.165, 1.54) is 22.8 Å². The third-order valence-electron chi connectivity index (χ3n) is 5.41. The molecule has 0 bridgehead atoms. The molecule has 1 fully saturated rings. The zero-order valence-electron chi connectivity index (χ0n) is 16.1. The molecule has 8 nitrogen and oxygen atoms in total. The van der Waals surface area contributed by atoms with Crippen molar-refractivity contribution in [2.45, 2.75) is 24.3 Å². The van der Waals surface area contributed by atoms with Gasteiger partial charge in [-0.2, -0.15) is 5.10 Å². The molecular weight excluding hydrogens is 392 g/mol. The molecule has 0 unspecified atom stereocenters. The maximum absolute atomic E-state index is 13.0. The summed E-state index contributed by atoms with van der Waals surface area (Å²) in [5.41, 5.74) is -0.551. The average molecular weight is 412 g/mol. The zero-order valence-corrected chi connectivity index (χ0v) is 16.9. The Morgan fingerprint density at radius 2 is 1.97 bits per heavy atom. The molecule has 0 radical (unpaired) electrons. The molecule has 1 saturated carbocycles. The van der Waals surface area contributed by atoms with Crippen LogP contribution in [0.3, 0.4) is 0 Å². The maximum Gasteiger partial charge on any atom is 0.331 e. The highest BCUT2D eigenvalue weighted by Gasteiger charge is 2.45. The minimum Gasteiger partial charge on any atom is -0.296 e. The lowest BCUT2D eigenvalue weighted by atomic mass is 10.2. The second kappa shape index (κ2) is 6.46. The molecule has 0 spiro atoms. The molecule has 4 rings (SSSR count). The molecule has 150 valence electrons. The molecule has 0 saturated heterocycles. The smallest absolute Gasteiger partial charge is 0.296 e. The number of rotatable bonds is 5. The van der Waals surface area contributed by atoms with E-state index in [-0.39, 0.29) is 22.6 Å². The molecule has 1 aliphatic carbocycles. The molecule has 0 N–H and O–H groups in total. The van der Waals surface area contributed by atoms with Gasteiger partial charge in [-0.25, -0.2) is 13.2 Å². The predicted molar refractivity (Wildman–Crippen MR) is 108 cm³/mol. The number of fused-ring (bicyclic) bond motifs is 1. The first-order valence-electron chi connectivity index (χ1n) is 9.07. The van der Waals surface area contributed by atoms with E-state index in [0.717, 1.165) is 4.57 Å². The van der Waals surface area contributed by atoms with Gasteiger partial charge in [0.05, 0.1) is 34.3 Å². The van der Waals surface area contributed by atoms with E-state index in [0.29, 0.717) is 23.9 Å². The third kappa shape index (κ3) is 3.29. The van der Waals surface area contributed by atoms with Gasteiger partial charge in [-0.05, 0) is 31.0 Å². The normalized spacial score (nSPS) is 15.3. The molecule has 9 heteroatoms. The standard InChI is InChI=1S/C20H20N4O4S/c1-4-20(7-8-20)13-29(27,28)15-5-6-17-16(9-15)18(25)24(19(26)23(17)3)12-14-10-21-22(2)11-14/h1,5-6,9-11H,7-8,12-13H2,2-3H3. The maximum atomic E-state index is 13.0. The molecule has 2 heterocycles. The average Bonchev–Trinajstić information content (AvgIpc) is 3.33. The van der Waals surface area contributed by atoms with Crippen LogP contribution in [-0.2, 0) is 30.5 Å². The van der Waals surface area contributed by atoms with E-state index < -0.39 is 26.5 Å². The van der Waals surface area contributed by atoms with E-state index in [1.807, 2.05) is 0 Å². The summed E-state index contributed by atoms with van der Waals surface area (Å²) in [5.74, 6) is 2.44. The minimum absolute atomic E-state index is 0.0372. The first-order valence-corrected chi connectivity index (χ1v) is 10.7. The van der Waals surface area contributed by atoms with Crippen LogP contribution in [0.15, 0.2) is 45.1 Å². The number of benzene rings is 1. The van der Waals surface area contributed by atoms with E-state index >= 15 is 0 Å². The number of sulfone groups is 1. The van der Waals surface area contributed by atoms with Gasteiger partial charge in [0.2, 0.25) is 0 Å². The number of aromatic nitrogens is 4. The van der Waals surface area contributed by atoms with Crippen molar-refractivity contribution in [2.75, 3.05) is 5.75 Å². The van der Waals surface area contributed by atoms with Gasteiger partial charge < -0.3 is 0 Å². The highest BCUT2D eigenvalue weighted by molar-refractivity contribution is 7.91. The molecule has 0 atom stereocenters. The second-order valence-corrected chi connectivity index (χ2v) is 9.61. The molecule has 29 heavy (non-hydrogen) atoms. The van der Waals surface area contributed by atoms with Crippen molar-refractivity contribution < 1.29 is 8.42 Å². The van der Waals surface area contributed by atoms with Crippen molar-refractivity contribution in [3.63, 3.8) is 0 Å². The van der Waals surface area contributed by atoms with Gasteiger partial charge in [0.25, 0.3) is 5.56 Å². The fourth-order valence-corrected chi connectivity index (χ4v) is 5.33. The summed E-state index contributed by atoms with van der Waals surface area (Å²) in [6, 6.07) is 4.27. The van der Waals surface area contributed by atoms with Crippen LogP contribution in [0.4, 0.5) is 0 Å². The quantitative estimate of drug-likeness (QED) is 0.574. The van der Waals surface area contributed by atoms with Crippen LogP contribution in [-0.4, -0.2) is 33.1 Å². The van der Waals surface area contributed by atoms with Crippen molar-refractivity contribution >= 4 is 20.7 Å². The monoisotopic (exact) mass is 412 g/mol. The molecule has 0 amide bonds. The summed E-state index contributed by atoms with van der Waals surface area (Å²) in [7, 11) is -0.367. The van der Waals surface area contributed by atoms with Crippen LogP contribution in [0.25, 0.3) is 10.9 Å². The van der Waals surface area contributed by atoms with Crippen LogP contribution in [0.1, 0.15) is 18.4 Å². The van der Waals surface area contributed by atoms with Gasteiger partial charge in [0.15, 0.2) is 9.84 Å². The molecule has 1 aliphatic rings. The highest BCUT2D eigenvalue weighted by Crippen LogP contribution is 2.46. The van der Waals surface area contributed by atoms with Crippen molar-refractivity contribution in [2.24, 2.45) is 19.5 Å². The van der Waals surface area contributed by atoms with Gasteiger partial charge in [-0.3, -0.25) is 18.6 Å². The van der Waals surface area contributed by atoms with Crippen molar-refractivity contribution in [1.82, 2.24) is 18.9 Å². The van der Waals surface area contributed by atoms with Crippen LogP contribution in [0.5, 0.6) is 0 Å². The van der Waals surface area contributed by atoms with Crippen LogP contribution in [0, 0.1) is 17.8 Å². The first-order chi connectivity index (χ1) is 13.7. The van der Waals surface area contributed by atoms with Crippen molar-refractivity contribution in [1.29, 1.82) is 0 Å². The fraction of sp³-hybridized carbons (Fsp3) is 0.350. The Kier molecular flexibility index (Phi) is 4.28. The number of nitrogens with zero attached hydrogens (tertiary/aromatic N) is 4. The summed E-state index contributed by atoms with van der Waals surface area (Å²) in [6.07, 6.45) is 10.1. The lowest BCUT2D eigenvalue weighted by Gasteiger charge is -2.13. The summed E-state index contributed by atoms with van der Waals surface area (Å²) >= 11 is 0. The van der Waals surface area contributed by atoms with Crippen molar-refractivity contribution in [3.8, 4) is 12.3 Å². The van der Waals surface area contributed by atoms with Crippen LogP contribution < -0.4 is 11.2 Å². The first kappa shape index (κ1) is 19.2. The van der Waals surface area contributed by atoms with E-state index in [1.54, 1.807) is 31.2 Å². The van der Waals surface area contributed by atoms with E-state index in [2.05, 4.69) is 11.0 Å². The van der Waals surface area contributed by atoms with Gasteiger partial charge in [-0.1, -0.05) is 5.92 Å². The van der Waals surface area contributed by atoms with Crippen LogP contribution in [0.2, 0.25) is 0 Å². The SMILES string of the molecule is C#CC1(CS(=O)(=O)c2ccc3c(c2)c(=O)n(Cc2cnn(C)c2)c(=O)n3C)CC1. The Bertz CT molecular complexity index is 1400. The summed E-state index contributed by atoms with van der Waals surface area (Å²) in [5, 5.41) is 4.22. The summed E-state index contributed by atoms with van der Waals surface area (Å²) < 4.78 is 29.7. The van der Waals surface area contributed by atoms with Gasteiger partial charge in [-0.15, -0.1) is 6.42 Å². The Hall–Kier alpha value is -3.12. The van der Waals surface area contributed by atoms with Gasteiger partial charge in [0.1, 0.15) is 0 Å². The lowest BCUT2D eigenvalue weighted by molar-refractivity contribution is 0.584. The van der Waals surface area contributed by atoms with E-state index in [4.69, 9.17) is 6.42 Å². The van der Waals surface area contributed by atoms with E-state index in [9.17, 15) is 18.0 Å². The highest BCUT2D eigenvalue weighted by atomic mass is 32.2. The van der Waals surface area contributed by atoms with Gasteiger partial charge in [0, 0.05) is 31.3 Å². The molecule has 3 aromatic rings. The second-order valence-electron chi connectivity index (χ2n) is 7.62. The predicted octanol–water partition coefficient (Wildman–Crippen LogP) is 0.669. The molecule has 2 aromatic heterocycles. The number of aryl methyl sites for hydroxylation is 2. The molecule has 0 aliphatic heterocycles. The molecule has 1 aromatic carbocycles. The van der Waals surface area contributed by atoms with Gasteiger partial charge >= 0.3 is 5.69 Å². The lowest BCUT2D eigenvalue weighted by Crippen LogP contribution is -2.39. The molecular formula is C20H20N4O4S. The Balaban J connectivity index is 1.85. The number of terminal acetylenes is 1. The summed E-state index contributed by atoms with van der Waals surface area (Å²) in [6.45, 7) is 0.0481. The Morgan fingerprint density at radius 1 is 1.24 bits per heavy atom.